The van der Waals surface area contributed by atoms with Gasteiger partial charge in [-0.05, 0) is 50.9 Å². The van der Waals surface area contributed by atoms with E-state index in [1.807, 2.05) is 0 Å². The molecule has 1 aliphatic carbocycles. The second-order valence-electron chi connectivity index (χ2n) is 6.46. The van der Waals surface area contributed by atoms with E-state index in [2.05, 4.69) is 26.1 Å². The number of hydrogen-bond acceptors (Lipinski definition) is 3. The summed E-state index contributed by atoms with van der Waals surface area (Å²) in [6.45, 7) is 8.61. The SMILES string of the molecule is CCC(CO)(CCCOCCCC(C)C)NC1CC1. The Kier molecular flexibility index (Phi) is 7.96. The molecule has 0 saturated heterocycles. The highest BCUT2D eigenvalue weighted by Crippen LogP contribution is 2.26. The molecule has 1 rings (SSSR count). The summed E-state index contributed by atoms with van der Waals surface area (Å²) in [6, 6.07) is 0.652. The summed E-state index contributed by atoms with van der Waals surface area (Å²) in [4.78, 5) is 0. The van der Waals surface area contributed by atoms with Crippen molar-refractivity contribution in [1.82, 2.24) is 5.32 Å². The molecule has 0 heterocycles. The topological polar surface area (TPSA) is 41.5 Å². The molecular weight excluding hydrogens is 238 g/mol. The van der Waals surface area contributed by atoms with Crippen molar-refractivity contribution in [3.63, 3.8) is 0 Å². The monoisotopic (exact) mass is 271 g/mol. The van der Waals surface area contributed by atoms with Crippen molar-refractivity contribution in [3.8, 4) is 0 Å². The highest BCUT2D eigenvalue weighted by atomic mass is 16.5. The first-order valence-electron chi connectivity index (χ1n) is 8.08. The van der Waals surface area contributed by atoms with E-state index in [9.17, 15) is 5.11 Å². The number of aliphatic hydroxyl groups excluding tert-OH is 1. The molecule has 2 N–H and O–H groups in total. The van der Waals surface area contributed by atoms with Crippen molar-refractivity contribution in [2.24, 2.45) is 5.92 Å². The summed E-state index contributed by atoms with van der Waals surface area (Å²) in [6.07, 6.45) is 8.00. The molecule has 0 bridgehead atoms. The maximum atomic E-state index is 9.65. The van der Waals surface area contributed by atoms with Gasteiger partial charge in [0.15, 0.2) is 0 Å². The number of nitrogens with one attached hydrogen (secondary N) is 1. The van der Waals surface area contributed by atoms with Gasteiger partial charge in [-0.3, -0.25) is 0 Å². The maximum Gasteiger partial charge on any atom is 0.0613 e. The predicted octanol–water partition coefficient (Wildman–Crippen LogP) is 3.11. The summed E-state index contributed by atoms with van der Waals surface area (Å²) in [5, 5.41) is 13.3. The predicted molar refractivity (Wildman–Crippen MR) is 80.4 cm³/mol. The van der Waals surface area contributed by atoms with Crippen LogP contribution in [0.4, 0.5) is 0 Å². The highest BCUT2D eigenvalue weighted by molar-refractivity contribution is 4.94. The lowest BCUT2D eigenvalue weighted by Crippen LogP contribution is -2.49. The van der Waals surface area contributed by atoms with Gasteiger partial charge in [0.05, 0.1) is 6.61 Å². The van der Waals surface area contributed by atoms with Crippen molar-refractivity contribution in [3.05, 3.63) is 0 Å². The van der Waals surface area contributed by atoms with E-state index < -0.39 is 0 Å². The van der Waals surface area contributed by atoms with E-state index in [4.69, 9.17) is 4.74 Å². The number of hydrogen-bond donors (Lipinski definition) is 2. The van der Waals surface area contributed by atoms with E-state index >= 15 is 0 Å². The van der Waals surface area contributed by atoms with Crippen molar-refractivity contribution < 1.29 is 9.84 Å². The molecule has 0 amide bonds. The lowest BCUT2D eigenvalue weighted by Gasteiger charge is -2.32. The van der Waals surface area contributed by atoms with Gasteiger partial charge in [0, 0.05) is 24.8 Å². The van der Waals surface area contributed by atoms with Crippen LogP contribution >= 0.6 is 0 Å². The smallest absolute Gasteiger partial charge is 0.0613 e. The second kappa shape index (κ2) is 8.93. The van der Waals surface area contributed by atoms with Crippen molar-refractivity contribution >= 4 is 0 Å². The first kappa shape index (κ1) is 16.9. The molecule has 0 aromatic carbocycles. The fourth-order valence-corrected chi connectivity index (χ4v) is 2.46. The molecule has 0 aliphatic heterocycles. The van der Waals surface area contributed by atoms with Crippen LogP contribution < -0.4 is 5.32 Å². The summed E-state index contributed by atoms with van der Waals surface area (Å²) in [5.41, 5.74) is -0.0670. The van der Waals surface area contributed by atoms with Crippen LogP contribution in [0.2, 0.25) is 0 Å². The van der Waals surface area contributed by atoms with Crippen molar-refractivity contribution in [1.29, 1.82) is 0 Å². The molecule has 0 aromatic rings. The Morgan fingerprint density at radius 2 is 1.95 bits per heavy atom. The standard InChI is InChI=1S/C16H33NO2/c1-4-16(13-18,17-15-8-9-15)10-6-12-19-11-5-7-14(2)3/h14-15,17-18H,4-13H2,1-3H3. The van der Waals surface area contributed by atoms with Gasteiger partial charge in [0.25, 0.3) is 0 Å². The average molecular weight is 271 g/mol. The van der Waals surface area contributed by atoms with Crippen LogP contribution in [-0.2, 0) is 4.74 Å². The molecule has 0 spiro atoms. The first-order chi connectivity index (χ1) is 9.12. The third-order valence-corrected chi connectivity index (χ3v) is 4.08. The summed E-state index contributed by atoms with van der Waals surface area (Å²) < 4.78 is 5.68. The van der Waals surface area contributed by atoms with E-state index in [-0.39, 0.29) is 12.1 Å². The molecule has 0 radical (unpaired) electrons. The normalized spacial score (nSPS) is 18.8. The Labute approximate surface area is 119 Å². The highest BCUT2D eigenvalue weighted by Gasteiger charge is 2.33. The van der Waals surface area contributed by atoms with Gasteiger partial charge in [0.2, 0.25) is 0 Å². The van der Waals surface area contributed by atoms with E-state index in [0.717, 1.165) is 44.8 Å². The van der Waals surface area contributed by atoms with Gasteiger partial charge in [-0.1, -0.05) is 20.8 Å². The van der Waals surface area contributed by atoms with Gasteiger partial charge in [-0.15, -0.1) is 0 Å². The van der Waals surface area contributed by atoms with E-state index in [1.165, 1.54) is 19.3 Å². The van der Waals surface area contributed by atoms with Gasteiger partial charge < -0.3 is 15.2 Å². The van der Waals surface area contributed by atoms with Crippen LogP contribution in [0.25, 0.3) is 0 Å². The maximum absolute atomic E-state index is 9.65. The Morgan fingerprint density at radius 1 is 1.26 bits per heavy atom. The quantitative estimate of drug-likeness (QED) is 0.536. The molecule has 1 unspecified atom stereocenters. The number of aliphatic hydroxyl groups is 1. The first-order valence-corrected chi connectivity index (χ1v) is 8.08. The minimum absolute atomic E-state index is 0.0670. The van der Waals surface area contributed by atoms with Crippen LogP contribution in [0.5, 0.6) is 0 Å². The lowest BCUT2D eigenvalue weighted by molar-refractivity contribution is 0.0986. The molecule has 1 atom stereocenters. The molecule has 19 heavy (non-hydrogen) atoms. The second-order valence-corrected chi connectivity index (χ2v) is 6.46. The molecule has 1 saturated carbocycles. The molecule has 3 heteroatoms. The molecule has 1 fully saturated rings. The zero-order valence-corrected chi connectivity index (χ0v) is 13.1. The van der Waals surface area contributed by atoms with Crippen LogP contribution in [0.15, 0.2) is 0 Å². The van der Waals surface area contributed by atoms with E-state index in [1.54, 1.807) is 0 Å². The molecule has 114 valence electrons. The summed E-state index contributed by atoms with van der Waals surface area (Å²) >= 11 is 0. The summed E-state index contributed by atoms with van der Waals surface area (Å²) in [7, 11) is 0. The Bertz CT molecular complexity index is 223. The van der Waals surface area contributed by atoms with Crippen molar-refractivity contribution in [2.75, 3.05) is 19.8 Å². The molecule has 0 aromatic heterocycles. The minimum Gasteiger partial charge on any atom is -0.394 e. The summed E-state index contributed by atoms with van der Waals surface area (Å²) in [5.74, 6) is 0.772. The van der Waals surface area contributed by atoms with Crippen molar-refractivity contribution in [2.45, 2.75) is 77.3 Å². The third kappa shape index (κ3) is 7.28. The van der Waals surface area contributed by atoms with Gasteiger partial charge in [-0.25, -0.2) is 0 Å². The molecular formula is C16H33NO2. The van der Waals surface area contributed by atoms with Crippen LogP contribution in [-0.4, -0.2) is 36.5 Å². The Morgan fingerprint density at radius 3 is 2.47 bits per heavy atom. The average Bonchev–Trinajstić information content (AvgIpc) is 3.19. The zero-order valence-electron chi connectivity index (χ0n) is 13.1. The largest absolute Gasteiger partial charge is 0.394 e. The fourth-order valence-electron chi connectivity index (χ4n) is 2.46. The Balaban J connectivity index is 2.07. The lowest BCUT2D eigenvalue weighted by atomic mass is 9.91. The third-order valence-electron chi connectivity index (χ3n) is 4.08. The van der Waals surface area contributed by atoms with Gasteiger partial charge in [-0.2, -0.15) is 0 Å². The number of ether oxygens (including phenoxy) is 1. The van der Waals surface area contributed by atoms with Crippen LogP contribution in [0.3, 0.4) is 0 Å². The minimum atomic E-state index is -0.0670. The van der Waals surface area contributed by atoms with Gasteiger partial charge >= 0.3 is 0 Å². The van der Waals surface area contributed by atoms with Crippen LogP contribution in [0, 0.1) is 5.92 Å². The zero-order chi connectivity index (χ0) is 14.1. The van der Waals surface area contributed by atoms with Crippen LogP contribution in [0.1, 0.15) is 65.7 Å². The van der Waals surface area contributed by atoms with E-state index in [0.29, 0.717) is 6.04 Å². The fraction of sp³-hybridized carbons (Fsp3) is 1.00. The number of rotatable bonds is 12. The van der Waals surface area contributed by atoms with Gasteiger partial charge in [0.1, 0.15) is 0 Å². The molecule has 3 nitrogen and oxygen atoms in total. The molecule has 1 aliphatic rings. The Hall–Kier alpha value is -0.120.